The maximum atomic E-state index is 13.1. The van der Waals surface area contributed by atoms with Crippen LogP contribution in [0.2, 0.25) is 0 Å². The predicted molar refractivity (Wildman–Crippen MR) is 377 cm³/mol. The fourth-order valence-corrected chi connectivity index (χ4v) is 12.8. The van der Waals surface area contributed by atoms with Crippen LogP contribution in [0.4, 0.5) is 0 Å². The Kier molecular flexibility index (Phi) is 63.4. The summed E-state index contributed by atoms with van der Waals surface area (Å²) in [6.07, 6.45) is 50.1. The van der Waals surface area contributed by atoms with Crippen molar-refractivity contribution in [2.24, 2.45) is 17.8 Å². The smallest absolute Gasteiger partial charge is 0.462 e. The first-order valence-electron chi connectivity index (χ1n) is 38.4. The number of phosphoric ester groups is 2. The van der Waals surface area contributed by atoms with Crippen LogP contribution in [0.15, 0.2) is 0 Å². The molecule has 0 fully saturated rings. The third-order valence-electron chi connectivity index (χ3n) is 17.5. The van der Waals surface area contributed by atoms with Crippen molar-refractivity contribution in [2.45, 2.75) is 394 Å². The Balaban J connectivity index is 5.20. The second-order valence-electron chi connectivity index (χ2n) is 27.9. The van der Waals surface area contributed by atoms with E-state index in [-0.39, 0.29) is 25.7 Å². The summed E-state index contributed by atoms with van der Waals surface area (Å²) in [7, 11) is -9.90. The van der Waals surface area contributed by atoms with E-state index in [0.29, 0.717) is 25.7 Å². The van der Waals surface area contributed by atoms with Gasteiger partial charge in [0, 0.05) is 25.7 Å². The second-order valence-corrected chi connectivity index (χ2v) is 30.8. The number of unbranched alkanes of at least 4 members (excludes halogenated alkanes) is 39. The number of hydrogen-bond acceptors (Lipinski definition) is 15. The summed E-state index contributed by atoms with van der Waals surface area (Å²) in [5.41, 5.74) is 0. The summed E-state index contributed by atoms with van der Waals surface area (Å²) >= 11 is 0. The van der Waals surface area contributed by atoms with E-state index in [4.69, 9.17) is 37.0 Å². The van der Waals surface area contributed by atoms with Gasteiger partial charge in [-0.3, -0.25) is 37.3 Å². The second kappa shape index (κ2) is 64.7. The van der Waals surface area contributed by atoms with Crippen molar-refractivity contribution in [3.8, 4) is 0 Å². The van der Waals surface area contributed by atoms with Gasteiger partial charge in [-0.05, 0) is 43.4 Å². The average Bonchev–Trinajstić information content (AvgIpc) is 2.60. The minimum absolute atomic E-state index is 0.104. The Morgan fingerprint density at radius 3 is 0.817 bits per heavy atom. The van der Waals surface area contributed by atoms with E-state index in [2.05, 4.69) is 48.5 Å². The van der Waals surface area contributed by atoms with Crippen LogP contribution in [-0.4, -0.2) is 96.7 Å². The van der Waals surface area contributed by atoms with Crippen molar-refractivity contribution < 1.29 is 80.2 Å². The number of carbonyl (C=O) groups excluding carboxylic acids is 4. The minimum atomic E-state index is -4.96. The molecule has 0 heterocycles. The number of ether oxygens (including phenoxy) is 4. The van der Waals surface area contributed by atoms with Gasteiger partial charge in [-0.15, -0.1) is 0 Å². The number of hydrogen-bond donors (Lipinski definition) is 3. The fourth-order valence-electron chi connectivity index (χ4n) is 11.2. The Bertz CT molecular complexity index is 1820. The summed E-state index contributed by atoms with van der Waals surface area (Å²) < 4.78 is 68.3. The molecular weight excluding hydrogens is 1220 g/mol. The van der Waals surface area contributed by atoms with Crippen LogP contribution in [0.25, 0.3) is 0 Å². The van der Waals surface area contributed by atoms with E-state index in [9.17, 15) is 43.2 Å². The third-order valence-corrected chi connectivity index (χ3v) is 19.4. The summed E-state index contributed by atoms with van der Waals surface area (Å²) in [6.45, 7) is 11.9. The van der Waals surface area contributed by atoms with Crippen molar-refractivity contribution in [1.29, 1.82) is 0 Å². The molecule has 6 atom stereocenters. The number of aliphatic hydroxyl groups is 1. The van der Waals surface area contributed by atoms with Crippen LogP contribution in [-0.2, 0) is 65.4 Å². The van der Waals surface area contributed by atoms with Gasteiger partial charge in [0.25, 0.3) is 0 Å². The molecule has 0 amide bonds. The zero-order chi connectivity index (χ0) is 68.7. The van der Waals surface area contributed by atoms with E-state index < -0.39 is 97.5 Å². The molecule has 0 saturated carbocycles. The van der Waals surface area contributed by atoms with Crippen LogP contribution in [0.5, 0.6) is 0 Å². The molecule has 0 aromatic carbocycles. The van der Waals surface area contributed by atoms with Crippen molar-refractivity contribution in [1.82, 2.24) is 0 Å². The van der Waals surface area contributed by atoms with Crippen molar-refractivity contribution in [3.63, 3.8) is 0 Å². The van der Waals surface area contributed by atoms with Gasteiger partial charge < -0.3 is 33.8 Å². The topological polar surface area (TPSA) is 237 Å². The number of rotatable bonds is 72. The maximum absolute atomic E-state index is 13.1. The van der Waals surface area contributed by atoms with Crippen LogP contribution in [0.1, 0.15) is 376 Å². The summed E-state index contributed by atoms with van der Waals surface area (Å²) in [5.74, 6) is 0.237. The van der Waals surface area contributed by atoms with E-state index in [0.717, 1.165) is 120 Å². The quantitative estimate of drug-likeness (QED) is 0.0222. The van der Waals surface area contributed by atoms with Gasteiger partial charge in [0.05, 0.1) is 26.4 Å². The maximum Gasteiger partial charge on any atom is 0.472 e. The lowest BCUT2D eigenvalue weighted by molar-refractivity contribution is -0.161. The zero-order valence-electron chi connectivity index (χ0n) is 60.7. The van der Waals surface area contributed by atoms with E-state index in [1.54, 1.807) is 0 Å². The molecule has 0 spiro atoms. The molecule has 0 rings (SSSR count). The zero-order valence-corrected chi connectivity index (χ0v) is 62.5. The highest BCUT2D eigenvalue weighted by molar-refractivity contribution is 7.47. The summed E-state index contributed by atoms with van der Waals surface area (Å²) in [4.78, 5) is 72.6. The van der Waals surface area contributed by atoms with Gasteiger partial charge in [0.2, 0.25) is 0 Å². The lowest BCUT2D eigenvalue weighted by Gasteiger charge is -2.21. The van der Waals surface area contributed by atoms with Crippen LogP contribution >= 0.6 is 15.6 Å². The fraction of sp³-hybridized carbons (Fsp3) is 0.946. The normalized spacial score (nSPS) is 14.4. The number of esters is 4. The molecule has 19 heteroatoms. The molecule has 3 N–H and O–H groups in total. The SMILES string of the molecule is CCCCCCCCCC(=O)OC[C@H](COP(=O)(O)OC[C@H](O)COP(=O)(O)OC[C@@H](COC(=O)CCCCCCCCCCCCCCCCC(C)C)OC(=O)CCCCCCCCCCCCCCCCC(C)CC)OC(=O)CCCCCCCCCCC(C)C. The average molecular weight is 1370 g/mol. The van der Waals surface area contributed by atoms with Gasteiger partial charge in [-0.1, -0.05) is 325 Å². The Morgan fingerprint density at radius 1 is 0.312 bits per heavy atom. The highest BCUT2D eigenvalue weighted by Crippen LogP contribution is 2.45. The Labute approximate surface area is 568 Å². The molecule has 0 radical (unpaired) electrons. The molecule has 0 aromatic rings. The predicted octanol–water partition coefficient (Wildman–Crippen LogP) is 21.4. The minimum Gasteiger partial charge on any atom is -0.462 e. The van der Waals surface area contributed by atoms with Gasteiger partial charge in [0.15, 0.2) is 12.2 Å². The first kappa shape index (κ1) is 91.1. The van der Waals surface area contributed by atoms with Gasteiger partial charge >= 0.3 is 39.5 Å². The monoisotopic (exact) mass is 1370 g/mol. The third kappa shape index (κ3) is 67.0. The van der Waals surface area contributed by atoms with Crippen molar-refractivity contribution in [3.05, 3.63) is 0 Å². The Hall–Kier alpha value is -1.94. The highest BCUT2D eigenvalue weighted by atomic mass is 31.2. The van der Waals surface area contributed by atoms with E-state index >= 15 is 0 Å². The van der Waals surface area contributed by atoms with Crippen LogP contribution in [0.3, 0.4) is 0 Å². The van der Waals surface area contributed by atoms with Crippen molar-refractivity contribution in [2.75, 3.05) is 39.6 Å². The first-order valence-corrected chi connectivity index (χ1v) is 41.4. The lowest BCUT2D eigenvalue weighted by atomic mass is 9.99. The van der Waals surface area contributed by atoms with E-state index in [1.165, 1.54) is 173 Å². The molecule has 0 bridgehead atoms. The van der Waals surface area contributed by atoms with Gasteiger partial charge in [-0.2, -0.15) is 0 Å². The molecule has 552 valence electrons. The Morgan fingerprint density at radius 2 is 0.548 bits per heavy atom. The molecular formula is C74H144O17P2. The van der Waals surface area contributed by atoms with Crippen LogP contribution < -0.4 is 0 Å². The molecule has 93 heavy (non-hydrogen) atoms. The molecule has 0 aromatic heterocycles. The van der Waals surface area contributed by atoms with Gasteiger partial charge in [0.1, 0.15) is 19.3 Å². The van der Waals surface area contributed by atoms with Crippen molar-refractivity contribution >= 4 is 39.5 Å². The molecule has 0 aliphatic carbocycles. The molecule has 0 saturated heterocycles. The summed E-state index contributed by atoms with van der Waals surface area (Å²) in [6, 6.07) is 0. The lowest BCUT2D eigenvalue weighted by Crippen LogP contribution is -2.30. The summed E-state index contributed by atoms with van der Waals surface area (Å²) in [5, 5.41) is 10.6. The largest absolute Gasteiger partial charge is 0.472 e. The van der Waals surface area contributed by atoms with Crippen LogP contribution in [0, 0.1) is 17.8 Å². The molecule has 0 aliphatic heterocycles. The van der Waals surface area contributed by atoms with Gasteiger partial charge in [-0.25, -0.2) is 9.13 Å². The first-order chi connectivity index (χ1) is 44.8. The van der Waals surface area contributed by atoms with E-state index in [1.807, 2.05) is 0 Å². The molecule has 0 aliphatic rings. The number of phosphoric acid groups is 2. The molecule has 3 unspecified atom stereocenters. The number of aliphatic hydroxyl groups excluding tert-OH is 1. The highest BCUT2D eigenvalue weighted by Gasteiger charge is 2.30. The molecule has 17 nitrogen and oxygen atoms in total. The standard InChI is InChI=1S/C74H144O17P2/c1-8-10-11-12-31-41-48-55-71(76)84-61-69(91-74(79)58-51-44-37-30-29-33-39-46-53-66(5)6)63-88-92(80,81)86-59-68(75)60-87-93(82,83)89-64-70(62-85-72(77)56-49-42-35-27-23-19-15-13-17-21-25-32-38-45-52-65(3)4)90-73(78)57-50-43-36-28-24-20-16-14-18-22-26-34-40-47-54-67(7)9-2/h65-70,75H,8-64H2,1-7H3,(H,80,81)(H,82,83)/t67?,68-,69+,70+/m0/s1. The number of carbonyl (C=O) groups is 4.